The van der Waals surface area contributed by atoms with Crippen molar-refractivity contribution in [1.29, 1.82) is 0 Å². The maximum atomic E-state index is 12.7. The molecule has 0 unspecified atom stereocenters. The number of carbonyl (C=O) groups excluding carboxylic acids is 1. The minimum atomic E-state index is -4.34. The van der Waals surface area contributed by atoms with Gasteiger partial charge in [0.25, 0.3) is 0 Å². The van der Waals surface area contributed by atoms with Crippen LogP contribution in [0.3, 0.4) is 0 Å². The number of thiazole rings is 1. The molecule has 23 heavy (non-hydrogen) atoms. The van der Waals surface area contributed by atoms with Crippen LogP contribution in [0, 0.1) is 11.8 Å². The van der Waals surface area contributed by atoms with Crippen molar-refractivity contribution < 1.29 is 18.0 Å². The van der Waals surface area contributed by atoms with E-state index in [1.807, 2.05) is 6.92 Å². The number of hydrogen-bond acceptors (Lipinski definition) is 3. The van der Waals surface area contributed by atoms with Gasteiger partial charge in [0.15, 0.2) is 5.13 Å². The molecule has 0 aliphatic heterocycles. The molecule has 1 amide bonds. The quantitative estimate of drug-likeness (QED) is 0.899. The summed E-state index contributed by atoms with van der Waals surface area (Å²) >= 11 is 1.29. The molecule has 1 heterocycles. The Balaban J connectivity index is 1.66. The Labute approximate surface area is 135 Å². The van der Waals surface area contributed by atoms with Gasteiger partial charge < -0.3 is 5.32 Å². The van der Waals surface area contributed by atoms with Crippen molar-refractivity contribution in [3.8, 4) is 0 Å². The maximum absolute atomic E-state index is 12.7. The largest absolute Gasteiger partial charge is 0.416 e. The Bertz CT molecular complexity index is 726. The molecule has 1 aliphatic rings. The third-order valence-electron chi connectivity index (χ3n) is 3.86. The van der Waals surface area contributed by atoms with Crippen molar-refractivity contribution in [3.05, 3.63) is 46.5 Å². The SMILES string of the molecule is C[C@H]1C[C@@H]1C(=O)Nc1ncc(Cc2cccc(C(F)(F)F)c2)s1. The van der Waals surface area contributed by atoms with Gasteiger partial charge in [-0.1, -0.05) is 25.1 Å². The van der Waals surface area contributed by atoms with E-state index in [0.717, 1.165) is 23.4 Å². The fraction of sp³-hybridized carbons (Fsp3) is 0.375. The Morgan fingerprint density at radius 1 is 1.43 bits per heavy atom. The first-order valence-electron chi connectivity index (χ1n) is 7.24. The van der Waals surface area contributed by atoms with E-state index >= 15 is 0 Å². The van der Waals surface area contributed by atoms with E-state index in [4.69, 9.17) is 0 Å². The number of carbonyl (C=O) groups is 1. The van der Waals surface area contributed by atoms with Gasteiger partial charge >= 0.3 is 6.18 Å². The lowest BCUT2D eigenvalue weighted by molar-refractivity contribution is -0.137. The van der Waals surface area contributed by atoms with Crippen molar-refractivity contribution in [2.45, 2.75) is 25.9 Å². The molecule has 2 atom stereocenters. The second kappa shape index (κ2) is 5.96. The summed E-state index contributed by atoms with van der Waals surface area (Å²) in [7, 11) is 0. The fourth-order valence-electron chi connectivity index (χ4n) is 2.39. The van der Waals surface area contributed by atoms with Crippen molar-refractivity contribution >= 4 is 22.4 Å². The van der Waals surface area contributed by atoms with Crippen LogP contribution in [0.2, 0.25) is 0 Å². The predicted octanol–water partition coefficient (Wildman–Crippen LogP) is 4.35. The van der Waals surface area contributed by atoms with Crippen molar-refractivity contribution in [1.82, 2.24) is 4.98 Å². The van der Waals surface area contributed by atoms with Gasteiger partial charge in [0.1, 0.15) is 0 Å². The number of nitrogens with one attached hydrogen (secondary N) is 1. The summed E-state index contributed by atoms with van der Waals surface area (Å²) in [5.41, 5.74) is -0.0899. The first-order chi connectivity index (χ1) is 10.8. The molecule has 1 N–H and O–H groups in total. The monoisotopic (exact) mass is 340 g/mol. The van der Waals surface area contributed by atoms with Gasteiger partial charge in [-0.15, -0.1) is 11.3 Å². The highest BCUT2D eigenvalue weighted by Crippen LogP contribution is 2.38. The van der Waals surface area contributed by atoms with E-state index in [0.29, 0.717) is 23.0 Å². The number of benzene rings is 1. The molecule has 1 aromatic heterocycles. The minimum absolute atomic E-state index is 0.0301. The molecule has 7 heteroatoms. The Hall–Kier alpha value is -1.89. The van der Waals surface area contributed by atoms with E-state index in [1.54, 1.807) is 12.3 Å². The highest BCUT2D eigenvalue weighted by molar-refractivity contribution is 7.15. The van der Waals surface area contributed by atoms with Crippen LogP contribution in [0.25, 0.3) is 0 Å². The Morgan fingerprint density at radius 3 is 2.83 bits per heavy atom. The highest BCUT2D eigenvalue weighted by Gasteiger charge is 2.39. The maximum Gasteiger partial charge on any atom is 0.416 e. The molecule has 0 saturated heterocycles. The topological polar surface area (TPSA) is 42.0 Å². The Morgan fingerprint density at radius 2 is 2.17 bits per heavy atom. The predicted molar refractivity (Wildman–Crippen MR) is 82.3 cm³/mol. The number of halogens is 3. The minimum Gasteiger partial charge on any atom is -0.302 e. The number of aromatic nitrogens is 1. The number of amides is 1. The lowest BCUT2D eigenvalue weighted by Gasteiger charge is -2.07. The second-order valence-corrected chi connectivity index (χ2v) is 6.93. The molecule has 2 aromatic rings. The number of rotatable bonds is 4. The molecule has 3 nitrogen and oxygen atoms in total. The van der Waals surface area contributed by atoms with Crippen molar-refractivity contribution in [2.24, 2.45) is 11.8 Å². The molecule has 1 aliphatic carbocycles. The van der Waals surface area contributed by atoms with Gasteiger partial charge in [0.2, 0.25) is 5.91 Å². The van der Waals surface area contributed by atoms with Crippen LogP contribution >= 0.6 is 11.3 Å². The number of alkyl halides is 3. The van der Waals surface area contributed by atoms with Gasteiger partial charge in [0.05, 0.1) is 5.56 Å². The van der Waals surface area contributed by atoms with Gasteiger partial charge in [-0.2, -0.15) is 13.2 Å². The van der Waals surface area contributed by atoms with E-state index in [2.05, 4.69) is 10.3 Å². The normalized spacial score (nSPS) is 20.3. The molecule has 0 bridgehead atoms. The highest BCUT2D eigenvalue weighted by atomic mass is 32.1. The van der Waals surface area contributed by atoms with Crippen molar-refractivity contribution in [2.75, 3.05) is 5.32 Å². The van der Waals surface area contributed by atoms with Crippen LogP contribution in [0.4, 0.5) is 18.3 Å². The average molecular weight is 340 g/mol. The first-order valence-corrected chi connectivity index (χ1v) is 8.06. The van der Waals surface area contributed by atoms with E-state index < -0.39 is 11.7 Å². The Kier molecular flexibility index (Phi) is 4.14. The third kappa shape index (κ3) is 3.90. The molecular formula is C16H15F3N2OS. The van der Waals surface area contributed by atoms with Gasteiger partial charge in [-0.05, 0) is 24.0 Å². The molecule has 122 valence electrons. The number of hydrogen-bond donors (Lipinski definition) is 1. The summed E-state index contributed by atoms with van der Waals surface area (Å²) < 4.78 is 38.1. The molecular weight excluding hydrogens is 325 g/mol. The lowest BCUT2D eigenvalue weighted by Crippen LogP contribution is -2.13. The summed E-state index contributed by atoms with van der Waals surface area (Å²) in [5, 5.41) is 3.26. The standard InChI is InChI=1S/C16H15F3N2OS/c1-9-5-13(9)14(22)21-15-20-8-12(23-15)7-10-3-2-4-11(6-10)16(17,18)19/h2-4,6,8-9,13H,5,7H2,1H3,(H,20,21,22)/t9-,13-/m0/s1. The van der Waals surface area contributed by atoms with Crippen molar-refractivity contribution in [3.63, 3.8) is 0 Å². The first kappa shape index (κ1) is 16.0. The summed E-state index contributed by atoms with van der Waals surface area (Å²) in [5.74, 6) is 0.447. The third-order valence-corrected chi connectivity index (χ3v) is 4.78. The number of anilines is 1. The fourth-order valence-corrected chi connectivity index (χ4v) is 3.24. The molecule has 3 rings (SSSR count). The van der Waals surface area contributed by atoms with E-state index in [9.17, 15) is 18.0 Å². The van der Waals surface area contributed by atoms with E-state index in [-0.39, 0.29) is 11.8 Å². The summed E-state index contributed by atoms with van der Waals surface area (Å²) in [6, 6.07) is 5.25. The van der Waals surface area contributed by atoms with Crippen LogP contribution in [0.5, 0.6) is 0 Å². The zero-order chi connectivity index (χ0) is 16.6. The number of nitrogens with zero attached hydrogens (tertiary/aromatic N) is 1. The van der Waals surface area contributed by atoms with Gasteiger partial charge in [-0.25, -0.2) is 4.98 Å². The van der Waals surface area contributed by atoms with Crippen LogP contribution in [0.15, 0.2) is 30.5 Å². The average Bonchev–Trinajstić information content (AvgIpc) is 3.05. The smallest absolute Gasteiger partial charge is 0.302 e. The molecule has 1 saturated carbocycles. The second-order valence-electron chi connectivity index (χ2n) is 5.82. The molecule has 0 spiro atoms. The molecule has 0 radical (unpaired) electrons. The lowest BCUT2D eigenvalue weighted by atomic mass is 10.1. The van der Waals surface area contributed by atoms with Gasteiger partial charge in [-0.3, -0.25) is 4.79 Å². The zero-order valence-corrected chi connectivity index (χ0v) is 13.2. The zero-order valence-electron chi connectivity index (χ0n) is 12.4. The summed E-state index contributed by atoms with van der Waals surface area (Å²) in [4.78, 5) is 16.8. The molecule has 1 aromatic carbocycles. The van der Waals surface area contributed by atoms with Gasteiger partial charge in [0, 0.05) is 23.4 Å². The van der Waals surface area contributed by atoms with Crippen LogP contribution in [-0.2, 0) is 17.4 Å². The summed E-state index contributed by atoms with van der Waals surface area (Å²) in [6.45, 7) is 2.02. The van der Waals surface area contributed by atoms with Crippen LogP contribution in [-0.4, -0.2) is 10.9 Å². The van der Waals surface area contributed by atoms with Crippen LogP contribution < -0.4 is 5.32 Å². The molecule has 1 fully saturated rings. The van der Waals surface area contributed by atoms with E-state index in [1.165, 1.54) is 17.4 Å². The summed E-state index contributed by atoms with van der Waals surface area (Å²) in [6.07, 6.45) is -1.49. The van der Waals surface area contributed by atoms with Crippen LogP contribution in [0.1, 0.15) is 29.3 Å².